The summed E-state index contributed by atoms with van der Waals surface area (Å²) in [4.78, 5) is 9.88. The van der Waals surface area contributed by atoms with Crippen LogP contribution in [0.4, 0.5) is 22.0 Å². The summed E-state index contributed by atoms with van der Waals surface area (Å²) in [6, 6.07) is 0. The van der Waals surface area contributed by atoms with E-state index in [9.17, 15) is 26.7 Å². The number of halogens is 6. The van der Waals surface area contributed by atoms with Gasteiger partial charge in [-0.15, -0.1) is 0 Å². The molecule has 0 rings (SSSR count). The molecule has 0 radical (unpaired) electrons. The second-order valence-electron chi connectivity index (χ2n) is 2.06. The molecule has 0 heterocycles. The Morgan fingerprint density at radius 2 is 1.58 bits per heavy atom. The molecule has 0 aliphatic carbocycles. The Labute approximate surface area is 69.5 Å². The summed E-state index contributed by atoms with van der Waals surface area (Å²) in [5, 5.41) is -1.21. The van der Waals surface area contributed by atoms with Crippen molar-refractivity contribution in [1.29, 1.82) is 0 Å². The Morgan fingerprint density at radius 1 is 1.17 bits per heavy atom. The SMILES string of the molecule is O=C(Cl)CCC(F)(F)C(F)(F)F. The summed E-state index contributed by atoms with van der Waals surface area (Å²) in [5.41, 5.74) is 0. The van der Waals surface area contributed by atoms with Gasteiger partial charge in [-0.05, 0) is 11.6 Å². The van der Waals surface area contributed by atoms with Gasteiger partial charge in [0.05, 0.1) is 0 Å². The van der Waals surface area contributed by atoms with E-state index < -0.39 is 30.2 Å². The van der Waals surface area contributed by atoms with Crippen LogP contribution >= 0.6 is 11.6 Å². The standard InChI is InChI=1S/C5H4ClF5O/c6-3(12)1-2-4(7,8)5(9,10)11/h1-2H2. The summed E-state index contributed by atoms with van der Waals surface area (Å²) in [6.45, 7) is 0. The van der Waals surface area contributed by atoms with Gasteiger partial charge in [-0.25, -0.2) is 0 Å². The van der Waals surface area contributed by atoms with Crippen molar-refractivity contribution >= 4 is 16.8 Å². The lowest BCUT2D eigenvalue weighted by Crippen LogP contribution is -2.36. The second-order valence-corrected chi connectivity index (χ2v) is 2.48. The van der Waals surface area contributed by atoms with Gasteiger partial charge in [0.25, 0.3) is 0 Å². The van der Waals surface area contributed by atoms with E-state index in [1.165, 1.54) is 0 Å². The molecule has 0 aromatic carbocycles. The highest BCUT2D eigenvalue weighted by Crippen LogP contribution is 2.38. The molecule has 0 amide bonds. The Morgan fingerprint density at radius 3 is 1.83 bits per heavy atom. The van der Waals surface area contributed by atoms with Gasteiger partial charge in [-0.2, -0.15) is 22.0 Å². The first kappa shape index (κ1) is 11.6. The average molecular weight is 211 g/mol. The van der Waals surface area contributed by atoms with E-state index in [2.05, 4.69) is 11.6 Å². The lowest BCUT2D eigenvalue weighted by atomic mass is 10.2. The fourth-order valence-corrected chi connectivity index (χ4v) is 0.491. The van der Waals surface area contributed by atoms with Crippen LogP contribution in [-0.4, -0.2) is 17.3 Å². The Balaban J connectivity index is 4.14. The molecule has 7 heteroatoms. The molecule has 0 bridgehead atoms. The van der Waals surface area contributed by atoms with Gasteiger partial charge in [0, 0.05) is 12.8 Å². The number of alkyl halides is 5. The zero-order valence-corrected chi connectivity index (χ0v) is 6.35. The van der Waals surface area contributed by atoms with E-state index in [1.807, 2.05) is 0 Å². The molecule has 1 nitrogen and oxygen atoms in total. The number of hydrogen-bond donors (Lipinski definition) is 0. The van der Waals surface area contributed by atoms with Gasteiger partial charge in [0.2, 0.25) is 5.24 Å². The number of rotatable bonds is 3. The third-order valence-electron chi connectivity index (χ3n) is 1.05. The molecule has 0 aliphatic rings. The molecule has 0 unspecified atom stereocenters. The minimum Gasteiger partial charge on any atom is -0.281 e. The van der Waals surface area contributed by atoms with Crippen molar-refractivity contribution < 1.29 is 26.7 Å². The summed E-state index contributed by atoms with van der Waals surface area (Å²) >= 11 is 4.59. The Bertz CT molecular complexity index is 175. The molecule has 0 N–H and O–H groups in total. The first-order chi connectivity index (χ1) is 5.17. The van der Waals surface area contributed by atoms with Gasteiger partial charge in [-0.3, -0.25) is 4.79 Å². The van der Waals surface area contributed by atoms with Crippen molar-refractivity contribution in [2.24, 2.45) is 0 Å². The summed E-state index contributed by atoms with van der Waals surface area (Å²) < 4.78 is 58.0. The van der Waals surface area contributed by atoms with E-state index in [0.717, 1.165) is 0 Å². The van der Waals surface area contributed by atoms with Crippen LogP contribution in [0.2, 0.25) is 0 Å². The average Bonchev–Trinajstić information content (AvgIpc) is 1.81. The van der Waals surface area contributed by atoms with Crippen LogP contribution in [0.15, 0.2) is 0 Å². The molecular formula is C5H4ClF5O. The molecule has 0 aromatic heterocycles. The highest BCUT2D eigenvalue weighted by molar-refractivity contribution is 6.63. The zero-order chi connectivity index (χ0) is 9.99. The minimum atomic E-state index is -5.61. The van der Waals surface area contributed by atoms with Crippen LogP contribution in [0.1, 0.15) is 12.8 Å². The van der Waals surface area contributed by atoms with Crippen LogP contribution in [-0.2, 0) is 4.79 Å². The van der Waals surface area contributed by atoms with E-state index in [0.29, 0.717) is 0 Å². The van der Waals surface area contributed by atoms with Crippen LogP contribution in [0.5, 0.6) is 0 Å². The molecule has 0 fully saturated rings. The fraction of sp³-hybridized carbons (Fsp3) is 0.800. The van der Waals surface area contributed by atoms with Crippen molar-refractivity contribution in [2.75, 3.05) is 0 Å². The summed E-state index contributed by atoms with van der Waals surface area (Å²) in [7, 11) is 0. The molecule has 0 atom stereocenters. The van der Waals surface area contributed by atoms with E-state index in [4.69, 9.17) is 0 Å². The normalized spacial score (nSPS) is 13.2. The summed E-state index contributed by atoms with van der Waals surface area (Å²) in [5.74, 6) is -4.84. The van der Waals surface area contributed by atoms with Crippen molar-refractivity contribution in [3.8, 4) is 0 Å². The van der Waals surface area contributed by atoms with Gasteiger partial charge >= 0.3 is 12.1 Å². The minimum absolute atomic E-state index is 0.992. The van der Waals surface area contributed by atoms with Crippen LogP contribution in [0.25, 0.3) is 0 Å². The van der Waals surface area contributed by atoms with E-state index >= 15 is 0 Å². The molecule has 12 heavy (non-hydrogen) atoms. The van der Waals surface area contributed by atoms with Crippen molar-refractivity contribution in [2.45, 2.75) is 24.9 Å². The first-order valence-corrected chi connectivity index (χ1v) is 3.17. The largest absolute Gasteiger partial charge is 0.453 e. The van der Waals surface area contributed by atoms with Crippen LogP contribution in [0, 0.1) is 0 Å². The maximum atomic E-state index is 12.0. The highest BCUT2D eigenvalue weighted by Gasteiger charge is 2.56. The Hall–Kier alpha value is -0.390. The molecule has 0 saturated carbocycles. The van der Waals surface area contributed by atoms with Crippen molar-refractivity contribution in [3.05, 3.63) is 0 Å². The van der Waals surface area contributed by atoms with Crippen molar-refractivity contribution in [1.82, 2.24) is 0 Å². The first-order valence-electron chi connectivity index (χ1n) is 2.80. The predicted molar refractivity (Wildman–Crippen MR) is 31.1 cm³/mol. The topological polar surface area (TPSA) is 17.1 Å². The third-order valence-corrected chi connectivity index (χ3v) is 1.24. The van der Waals surface area contributed by atoms with Crippen LogP contribution in [0.3, 0.4) is 0 Å². The molecule has 0 aromatic rings. The highest BCUT2D eigenvalue weighted by atomic mass is 35.5. The predicted octanol–water partition coefficient (Wildman–Crippen LogP) is 2.73. The maximum absolute atomic E-state index is 12.0. The molecule has 0 saturated heterocycles. The number of carbonyl (C=O) groups is 1. The van der Waals surface area contributed by atoms with Crippen LogP contribution < -0.4 is 0 Å². The van der Waals surface area contributed by atoms with E-state index in [-0.39, 0.29) is 0 Å². The molecule has 0 spiro atoms. The molecule has 72 valence electrons. The third kappa shape index (κ3) is 3.34. The quantitative estimate of drug-likeness (QED) is 0.517. The zero-order valence-electron chi connectivity index (χ0n) is 5.59. The number of carbonyl (C=O) groups excluding carboxylic acids is 1. The smallest absolute Gasteiger partial charge is 0.281 e. The van der Waals surface area contributed by atoms with Gasteiger partial charge < -0.3 is 0 Å². The second kappa shape index (κ2) is 3.55. The molecule has 0 aliphatic heterocycles. The number of hydrogen-bond acceptors (Lipinski definition) is 1. The Kier molecular flexibility index (Phi) is 3.44. The van der Waals surface area contributed by atoms with Gasteiger partial charge in [-0.1, -0.05) is 0 Å². The monoisotopic (exact) mass is 210 g/mol. The van der Waals surface area contributed by atoms with Crippen molar-refractivity contribution in [3.63, 3.8) is 0 Å². The van der Waals surface area contributed by atoms with Gasteiger partial charge in [0.1, 0.15) is 0 Å². The van der Waals surface area contributed by atoms with E-state index in [1.54, 1.807) is 0 Å². The lowest BCUT2D eigenvalue weighted by Gasteiger charge is -2.18. The maximum Gasteiger partial charge on any atom is 0.453 e. The summed E-state index contributed by atoms with van der Waals surface area (Å²) in [6.07, 6.45) is -8.20. The molecular weight excluding hydrogens is 206 g/mol. The van der Waals surface area contributed by atoms with Gasteiger partial charge in [0.15, 0.2) is 0 Å². The fourth-order valence-electron chi connectivity index (χ4n) is 0.397. The lowest BCUT2D eigenvalue weighted by molar-refractivity contribution is -0.284.